The lowest BCUT2D eigenvalue weighted by atomic mass is 10.2. The van der Waals surface area contributed by atoms with Gasteiger partial charge in [-0.2, -0.15) is 0 Å². The summed E-state index contributed by atoms with van der Waals surface area (Å²) in [7, 11) is -3.72. The fourth-order valence-corrected chi connectivity index (χ4v) is 4.85. The molecule has 1 aliphatic rings. The van der Waals surface area contributed by atoms with E-state index in [0.717, 1.165) is 5.56 Å². The lowest BCUT2D eigenvalue weighted by molar-refractivity contribution is -0.127. The van der Waals surface area contributed by atoms with Crippen molar-refractivity contribution in [3.8, 4) is 5.75 Å². The maximum Gasteiger partial charge on any atom is 0.263 e. The fraction of sp³-hybridized carbons (Fsp3) is 0.182. The SMILES string of the molecule is O=C(NCc1cccnc1)[C@H]1CN(S(=O)(=O)Cc2ccccc2)c2ccccc2O1. The van der Waals surface area contributed by atoms with Crippen molar-refractivity contribution in [3.05, 3.63) is 90.3 Å². The number of nitrogens with one attached hydrogen (secondary N) is 1. The van der Waals surface area contributed by atoms with Crippen molar-refractivity contribution in [1.82, 2.24) is 10.3 Å². The molecular weight excluding hydrogens is 402 g/mol. The molecule has 0 spiro atoms. The minimum absolute atomic E-state index is 0.0922. The number of nitrogens with zero attached hydrogens (tertiary/aromatic N) is 2. The molecule has 0 aliphatic carbocycles. The van der Waals surface area contributed by atoms with Crippen molar-refractivity contribution >= 4 is 21.6 Å². The van der Waals surface area contributed by atoms with Gasteiger partial charge in [0.1, 0.15) is 5.75 Å². The van der Waals surface area contributed by atoms with Gasteiger partial charge in [0, 0.05) is 18.9 Å². The van der Waals surface area contributed by atoms with Crippen molar-refractivity contribution in [2.24, 2.45) is 0 Å². The van der Waals surface area contributed by atoms with Crippen molar-refractivity contribution in [3.63, 3.8) is 0 Å². The van der Waals surface area contributed by atoms with Gasteiger partial charge in [0.15, 0.2) is 6.10 Å². The molecule has 8 heteroatoms. The van der Waals surface area contributed by atoms with Crippen LogP contribution in [0, 0.1) is 0 Å². The third-order valence-electron chi connectivity index (χ3n) is 4.74. The van der Waals surface area contributed by atoms with Gasteiger partial charge in [-0.05, 0) is 29.3 Å². The Morgan fingerprint density at radius 2 is 1.77 bits per heavy atom. The van der Waals surface area contributed by atoms with Crippen LogP contribution in [0.5, 0.6) is 5.75 Å². The molecule has 154 valence electrons. The average molecular weight is 423 g/mol. The minimum atomic E-state index is -3.72. The number of benzene rings is 2. The molecule has 0 fully saturated rings. The third-order valence-corrected chi connectivity index (χ3v) is 6.46. The molecule has 4 rings (SSSR count). The number of amides is 1. The predicted octanol–water partition coefficient (Wildman–Crippen LogP) is 2.50. The second-order valence-electron chi connectivity index (χ2n) is 6.93. The number of hydrogen-bond acceptors (Lipinski definition) is 5. The largest absolute Gasteiger partial charge is 0.476 e. The number of aromatic nitrogens is 1. The Bertz CT molecular complexity index is 1120. The van der Waals surface area contributed by atoms with E-state index in [1.807, 2.05) is 12.1 Å². The summed E-state index contributed by atoms with van der Waals surface area (Å²) in [4.78, 5) is 16.8. The molecule has 0 saturated carbocycles. The van der Waals surface area contributed by atoms with Gasteiger partial charge in [0.05, 0.1) is 18.0 Å². The number of rotatable bonds is 6. The number of pyridine rings is 1. The number of carbonyl (C=O) groups excluding carboxylic acids is 1. The monoisotopic (exact) mass is 423 g/mol. The molecule has 1 N–H and O–H groups in total. The minimum Gasteiger partial charge on any atom is -0.476 e. The summed E-state index contributed by atoms with van der Waals surface area (Å²) in [6, 6.07) is 19.4. The molecule has 0 unspecified atom stereocenters. The summed E-state index contributed by atoms with van der Waals surface area (Å²) >= 11 is 0. The highest BCUT2D eigenvalue weighted by Crippen LogP contribution is 2.35. The number of sulfonamides is 1. The Morgan fingerprint density at radius 3 is 2.53 bits per heavy atom. The van der Waals surface area contributed by atoms with Crippen LogP contribution in [-0.2, 0) is 27.1 Å². The molecule has 0 saturated heterocycles. The first kappa shape index (κ1) is 19.9. The van der Waals surface area contributed by atoms with E-state index >= 15 is 0 Å². The molecule has 1 aliphatic heterocycles. The average Bonchev–Trinajstić information content (AvgIpc) is 2.77. The van der Waals surface area contributed by atoms with Gasteiger partial charge < -0.3 is 10.1 Å². The van der Waals surface area contributed by atoms with Gasteiger partial charge in [-0.15, -0.1) is 0 Å². The number of hydrogen-bond donors (Lipinski definition) is 1. The van der Waals surface area contributed by atoms with E-state index in [9.17, 15) is 13.2 Å². The normalized spacial score (nSPS) is 15.7. The Kier molecular flexibility index (Phi) is 5.67. The highest BCUT2D eigenvalue weighted by atomic mass is 32.2. The molecule has 2 aromatic carbocycles. The van der Waals surface area contributed by atoms with Gasteiger partial charge in [-0.25, -0.2) is 8.42 Å². The first-order valence-electron chi connectivity index (χ1n) is 9.49. The maximum atomic E-state index is 13.2. The van der Waals surface area contributed by atoms with Crippen LogP contribution in [0.4, 0.5) is 5.69 Å². The Labute approximate surface area is 175 Å². The summed E-state index contributed by atoms with van der Waals surface area (Å²) < 4.78 is 33.5. The first-order chi connectivity index (χ1) is 14.5. The molecule has 1 atom stereocenters. The zero-order valence-corrected chi connectivity index (χ0v) is 17.0. The Morgan fingerprint density at radius 1 is 1.03 bits per heavy atom. The molecule has 0 bridgehead atoms. The summed E-state index contributed by atoms with van der Waals surface area (Å²) in [5.41, 5.74) is 1.96. The summed E-state index contributed by atoms with van der Waals surface area (Å²) in [6.45, 7) is 0.190. The van der Waals surface area contributed by atoms with Crippen LogP contribution in [0.2, 0.25) is 0 Å². The van der Waals surface area contributed by atoms with Crippen molar-refractivity contribution in [2.45, 2.75) is 18.4 Å². The highest BCUT2D eigenvalue weighted by molar-refractivity contribution is 7.92. The molecule has 0 radical (unpaired) electrons. The smallest absolute Gasteiger partial charge is 0.263 e. The van der Waals surface area contributed by atoms with Crippen LogP contribution >= 0.6 is 0 Å². The number of para-hydroxylation sites is 2. The second-order valence-corrected chi connectivity index (χ2v) is 8.82. The maximum absolute atomic E-state index is 13.2. The van der Waals surface area contributed by atoms with E-state index in [2.05, 4.69) is 10.3 Å². The van der Waals surface area contributed by atoms with Crippen LogP contribution in [0.3, 0.4) is 0 Å². The van der Waals surface area contributed by atoms with Crippen LogP contribution in [0.1, 0.15) is 11.1 Å². The van der Waals surface area contributed by atoms with Gasteiger partial charge in [-0.1, -0.05) is 48.5 Å². The van der Waals surface area contributed by atoms with Gasteiger partial charge in [-0.3, -0.25) is 14.1 Å². The van der Waals surface area contributed by atoms with E-state index < -0.39 is 16.1 Å². The van der Waals surface area contributed by atoms with E-state index in [-0.39, 0.29) is 24.7 Å². The summed E-state index contributed by atoms with van der Waals surface area (Å²) in [5.74, 6) is -0.179. The van der Waals surface area contributed by atoms with Gasteiger partial charge in [0.2, 0.25) is 10.0 Å². The topological polar surface area (TPSA) is 88.6 Å². The fourth-order valence-electron chi connectivity index (χ4n) is 3.27. The molecule has 7 nitrogen and oxygen atoms in total. The quantitative estimate of drug-likeness (QED) is 0.658. The van der Waals surface area contributed by atoms with E-state index in [4.69, 9.17) is 4.74 Å². The first-order valence-corrected chi connectivity index (χ1v) is 11.1. The number of carbonyl (C=O) groups is 1. The van der Waals surface area contributed by atoms with Crippen molar-refractivity contribution in [2.75, 3.05) is 10.8 Å². The van der Waals surface area contributed by atoms with Crippen LogP contribution in [0.15, 0.2) is 79.1 Å². The summed E-state index contributed by atoms with van der Waals surface area (Å²) in [5, 5.41) is 2.80. The lowest BCUT2D eigenvalue weighted by Gasteiger charge is -2.34. The number of ether oxygens (including phenoxy) is 1. The molecule has 30 heavy (non-hydrogen) atoms. The summed E-state index contributed by atoms with van der Waals surface area (Å²) in [6.07, 6.45) is 2.36. The highest BCUT2D eigenvalue weighted by Gasteiger charge is 2.36. The van der Waals surface area contributed by atoms with E-state index in [1.165, 1.54) is 4.31 Å². The molecule has 3 aromatic rings. The lowest BCUT2D eigenvalue weighted by Crippen LogP contribution is -2.50. The van der Waals surface area contributed by atoms with Crippen LogP contribution < -0.4 is 14.4 Å². The van der Waals surface area contributed by atoms with Crippen molar-refractivity contribution in [1.29, 1.82) is 0 Å². The molecular formula is C22H21N3O4S. The van der Waals surface area contributed by atoms with Gasteiger partial charge in [0.25, 0.3) is 5.91 Å². The zero-order chi connectivity index (χ0) is 21.0. The van der Waals surface area contributed by atoms with E-state index in [1.54, 1.807) is 67.0 Å². The van der Waals surface area contributed by atoms with Crippen molar-refractivity contribution < 1.29 is 17.9 Å². The molecule has 1 aromatic heterocycles. The second kappa shape index (κ2) is 8.54. The van der Waals surface area contributed by atoms with Crippen LogP contribution in [0.25, 0.3) is 0 Å². The molecule has 1 amide bonds. The molecule has 2 heterocycles. The number of anilines is 1. The predicted molar refractivity (Wildman–Crippen MR) is 113 cm³/mol. The Balaban J connectivity index is 1.55. The standard InChI is InChI=1S/C22H21N3O4S/c26-22(24-14-18-9-6-12-23-13-18)21-15-25(19-10-4-5-11-20(19)29-21)30(27,28)16-17-7-2-1-3-8-17/h1-13,21H,14-16H2,(H,24,26)/t21-/m1/s1. The zero-order valence-electron chi connectivity index (χ0n) is 16.1. The van der Waals surface area contributed by atoms with Gasteiger partial charge >= 0.3 is 0 Å². The Hall–Kier alpha value is -3.39. The number of fused-ring (bicyclic) bond motifs is 1. The van der Waals surface area contributed by atoms with E-state index in [0.29, 0.717) is 17.0 Å². The van der Waals surface area contributed by atoms with Crippen LogP contribution in [-0.4, -0.2) is 32.0 Å². The third kappa shape index (κ3) is 4.44.